The van der Waals surface area contributed by atoms with Crippen molar-refractivity contribution < 1.29 is 4.79 Å². The summed E-state index contributed by atoms with van der Waals surface area (Å²) in [6.45, 7) is 7.68. The van der Waals surface area contributed by atoms with Crippen LogP contribution in [0.2, 0.25) is 0 Å². The highest BCUT2D eigenvalue weighted by Gasteiger charge is 2.42. The molecule has 3 aliphatic rings. The van der Waals surface area contributed by atoms with Crippen LogP contribution in [-0.2, 0) is 4.79 Å². The second kappa shape index (κ2) is 5.64. The highest BCUT2D eigenvalue weighted by Crippen LogP contribution is 2.39. The van der Waals surface area contributed by atoms with Gasteiger partial charge in [-0.15, -0.1) is 0 Å². The average Bonchev–Trinajstić information content (AvgIpc) is 3.18. The predicted molar refractivity (Wildman–Crippen MR) is 80.6 cm³/mol. The Bertz CT molecular complexity index is 359. The van der Waals surface area contributed by atoms with Crippen LogP contribution in [0.1, 0.15) is 52.4 Å². The Morgan fingerprint density at radius 2 is 1.85 bits per heavy atom. The fraction of sp³-hybridized carbons (Fsp3) is 0.938. The van der Waals surface area contributed by atoms with E-state index in [2.05, 4.69) is 29.4 Å². The second-order valence-electron chi connectivity index (χ2n) is 7.36. The number of piperidine rings is 1. The first-order chi connectivity index (χ1) is 9.58. The van der Waals surface area contributed by atoms with Crippen LogP contribution in [0.25, 0.3) is 0 Å². The van der Waals surface area contributed by atoms with Crippen molar-refractivity contribution in [2.45, 2.75) is 70.0 Å². The Hall–Kier alpha value is -0.610. The van der Waals surface area contributed by atoms with Gasteiger partial charge in [-0.1, -0.05) is 0 Å². The zero-order valence-electron chi connectivity index (χ0n) is 13.0. The van der Waals surface area contributed by atoms with Gasteiger partial charge in [-0.05, 0) is 77.9 Å². The van der Waals surface area contributed by atoms with Crippen LogP contribution >= 0.6 is 0 Å². The fourth-order valence-corrected chi connectivity index (χ4v) is 3.95. The summed E-state index contributed by atoms with van der Waals surface area (Å²) in [7, 11) is 0. The number of nitrogens with zero attached hydrogens (tertiary/aromatic N) is 1. The number of hydrogen-bond acceptors (Lipinski definition) is 3. The lowest BCUT2D eigenvalue weighted by Crippen LogP contribution is -2.55. The van der Waals surface area contributed by atoms with Gasteiger partial charge in [-0.2, -0.15) is 0 Å². The van der Waals surface area contributed by atoms with Crippen molar-refractivity contribution in [3.05, 3.63) is 0 Å². The summed E-state index contributed by atoms with van der Waals surface area (Å²) in [5.74, 6) is 0.970. The molecule has 2 saturated heterocycles. The lowest BCUT2D eigenvalue weighted by molar-refractivity contribution is -0.128. The van der Waals surface area contributed by atoms with Gasteiger partial charge >= 0.3 is 0 Å². The van der Waals surface area contributed by atoms with Gasteiger partial charge in [0.2, 0.25) is 5.91 Å². The standard InChI is InChI=1S/C16H29N3O/c1-16(2,12-5-6-12)18-15(20)14-4-3-11-19(14)13-7-9-17-10-8-13/h12-14,17H,3-11H2,1-2H3,(H,18,20). The van der Waals surface area contributed by atoms with Crippen molar-refractivity contribution in [1.82, 2.24) is 15.5 Å². The minimum Gasteiger partial charge on any atom is -0.350 e. The smallest absolute Gasteiger partial charge is 0.237 e. The summed E-state index contributed by atoms with van der Waals surface area (Å²) in [6, 6.07) is 0.731. The Kier molecular flexibility index (Phi) is 4.04. The molecule has 2 N–H and O–H groups in total. The molecule has 2 heterocycles. The van der Waals surface area contributed by atoms with Gasteiger partial charge in [0, 0.05) is 11.6 Å². The van der Waals surface area contributed by atoms with Crippen molar-refractivity contribution in [3.63, 3.8) is 0 Å². The molecule has 2 aliphatic heterocycles. The van der Waals surface area contributed by atoms with E-state index in [0.29, 0.717) is 12.0 Å². The minimum atomic E-state index is -0.0144. The molecule has 1 atom stereocenters. The van der Waals surface area contributed by atoms with Crippen molar-refractivity contribution in [2.75, 3.05) is 19.6 Å². The van der Waals surface area contributed by atoms with Gasteiger partial charge in [0.1, 0.15) is 0 Å². The summed E-state index contributed by atoms with van der Waals surface area (Å²) in [4.78, 5) is 15.2. The molecule has 3 rings (SSSR count). The van der Waals surface area contributed by atoms with Crippen molar-refractivity contribution in [1.29, 1.82) is 0 Å². The lowest BCUT2D eigenvalue weighted by atomic mass is 9.97. The van der Waals surface area contributed by atoms with Crippen LogP contribution in [-0.4, -0.2) is 48.1 Å². The summed E-state index contributed by atoms with van der Waals surface area (Å²) < 4.78 is 0. The van der Waals surface area contributed by atoms with E-state index in [1.165, 1.54) is 32.1 Å². The molecule has 0 radical (unpaired) electrons. The maximum absolute atomic E-state index is 12.7. The molecule has 1 amide bonds. The maximum Gasteiger partial charge on any atom is 0.237 e. The van der Waals surface area contributed by atoms with Crippen molar-refractivity contribution >= 4 is 5.91 Å². The number of carbonyl (C=O) groups is 1. The molecule has 0 bridgehead atoms. The van der Waals surface area contributed by atoms with E-state index in [4.69, 9.17) is 0 Å². The van der Waals surface area contributed by atoms with E-state index in [0.717, 1.165) is 26.1 Å². The molecule has 0 aromatic carbocycles. The highest BCUT2D eigenvalue weighted by molar-refractivity contribution is 5.82. The first-order valence-electron chi connectivity index (χ1n) is 8.36. The third kappa shape index (κ3) is 3.01. The Balaban J connectivity index is 1.60. The summed E-state index contributed by atoms with van der Waals surface area (Å²) in [6.07, 6.45) is 7.14. The fourth-order valence-electron chi connectivity index (χ4n) is 3.95. The zero-order valence-corrected chi connectivity index (χ0v) is 13.0. The van der Waals surface area contributed by atoms with Crippen LogP contribution in [0.4, 0.5) is 0 Å². The number of rotatable bonds is 4. The van der Waals surface area contributed by atoms with E-state index in [9.17, 15) is 4.79 Å². The number of amides is 1. The van der Waals surface area contributed by atoms with E-state index in [1.54, 1.807) is 0 Å². The van der Waals surface area contributed by atoms with Gasteiger partial charge in [-0.25, -0.2) is 0 Å². The third-order valence-electron chi connectivity index (χ3n) is 5.42. The van der Waals surface area contributed by atoms with Crippen LogP contribution in [0.3, 0.4) is 0 Å². The Morgan fingerprint density at radius 3 is 2.50 bits per heavy atom. The van der Waals surface area contributed by atoms with Crippen LogP contribution in [0.5, 0.6) is 0 Å². The molecule has 20 heavy (non-hydrogen) atoms. The minimum absolute atomic E-state index is 0.0144. The third-order valence-corrected chi connectivity index (χ3v) is 5.42. The van der Waals surface area contributed by atoms with Gasteiger partial charge < -0.3 is 10.6 Å². The molecule has 0 aromatic heterocycles. The Morgan fingerprint density at radius 1 is 1.15 bits per heavy atom. The molecule has 0 aromatic rings. The molecular formula is C16H29N3O. The first kappa shape index (κ1) is 14.3. The maximum atomic E-state index is 12.7. The molecule has 0 spiro atoms. The van der Waals surface area contributed by atoms with Gasteiger partial charge in [0.25, 0.3) is 0 Å². The molecule has 3 fully saturated rings. The normalized spacial score (nSPS) is 29.6. The number of hydrogen-bond donors (Lipinski definition) is 2. The van der Waals surface area contributed by atoms with Crippen LogP contribution < -0.4 is 10.6 Å². The number of carbonyl (C=O) groups excluding carboxylic acids is 1. The molecule has 1 saturated carbocycles. The second-order valence-corrected chi connectivity index (χ2v) is 7.36. The van der Waals surface area contributed by atoms with Crippen molar-refractivity contribution in [3.8, 4) is 0 Å². The Labute approximate surface area is 122 Å². The summed E-state index contributed by atoms with van der Waals surface area (Å²) >= 11 is 0. The van der Waals surface area contributed by atoms with E-state index in [1.807, 2.05) is 0 Å². The molecule has 1 unspecified atom stereocenters. The van der Waals surface area contributed by atoms with Gasteiger partial charge in [0.15, 0.2) is 0 Å². The van der Waals surface area contributed by atoms with Gasteiger partial charge in [-0.3, -0.25) is 9.69 Å². The molecule has 114 valence electrons. The largest absolute Gasteiger partial charge is 0.350 e. The topological polar surface area (TPSA) is 44.4 Å². The SMILES string of the molecule is CC(C)(NC(=O)C1CCCN1C1CCNCC1)C1CC1. The molecule has 4 nitrogen and oxygen atoms in total. The molecular weight excluding hydrogens is 250 g/mol. The van der Waals surface area contributed by atoms with Crippen LogP contribution in [0.15, 0.2) is 0 Å². The average molecular weight is 279 g/mol. The van der Waals surface area contributed by atoms with E-state index >= 15 is 0 Å². The molecule has 1 aliphatic carbocycles. The van der Waals surface area contributed by atoms with Gasteiger partial charge in [0.05, 0.1) is 6.04 Å². The summed E-state index contributed by atoms with van der Waals surface area (Å²) in [5.41, 5.74) is -0.0144. The zero-order chi connectivity index (χ0) is 14.2. The lowest BCUT2D eigenvalue weighted by Gasteiger charge is -2.37. The van der Waals surface area contributed by atoms with Crippen molar-refractivity contribution in [2.24, 2.45) is 5.92 Å². The van der Waals surface area contributed by atoms with E-state index < -0.39 is 0 Å². The predicted octanol–water partition coefficient (Wildman–Crippen LogP) is 1.51. The number of nitrogens with one attached hydrogen (secondary N) is 2. The molecule has 4 heteroatoms. The quantitative estimate of drug-likeness (QED) is 0.820. The van der Waals surface area contributed by atoms with Crippen LogP contribution in [0, 0.1) is 5.92 Å². The monoisotopic (exact) mass is 279 g/mol. The number of likely N-dealkylation sites (tertiary alicyclic amines) is 1. The summed E-state index contributed by atoms with van der Waals surface area (Å²) in [5, 5.41) is 6.75. The highest BCUT2D eigenvalue weighted by atomic mass is 16.2. The first-order valence-corrected chi connectivity index (χ1v) is 8.36. The van der Waals surface area contributed by atoms with E-state index in [-0.39, 0.29) is 17.5 Å².